The summed E-state index contributed by atoms with van der Waals surface area (Å²) in [5.41, 5.74) is 0. The molecule has 1 aromatic carbocycles. The molecule has 0 aliphatic heterocycles. The van der Waals surface area contributed by atoms with Gasteiger partial charge >= 0.3 is 0 Å². The predicted octanol–water partition coefficient (Wildman–Crippen LogP) is 2.03. The summed E-state index contributed by atoms with van der Waals surface area (Å²) in [5, 5.41) is 2.72. The molecule has 1 amide bonds. The number of hydrogen-bond acceptors (Lipinski definition) is 3. The van der Waals surface area contributed by atoms with Crippen LogP contribution < -0.4 is 10.1 Å². The summed E-state index contributed by atoms with van der Waals surface area (Å²) in [6, 6.07) is 4.44. The molecule has 4 nitrogen and oxygen atoms in total. The summed E-state index contributed by atoms with van der Waals surface area (Å²) < 4.78 is 19.1. The number of rotatable bonds is 7. The van der Waals surface area contributed by atoms with Crippen molar-refractivity contribution >= 4 is 21.8 Å². The molecule has 0 saturated carbocycles. The Kier molecular flexibility index (Phi) is 6.80. The van der Waals surface area contributed by atoms with Crippen molar-refractivity contribution in [3.05, 3.63) is 28.5 Å². The molecule has 0 aliphatic rings. The van der Waals surface area contributed by atoms with E-state index in [-0.39, 0.29) is 18.3 Å². The summed E-state index contributed by atoms with van der Waals surface area (Å²) >= 11 is 3.15. The first kappa shape index (κ1) is 15.9. The molecule has 6 heteroatoms. The zero-order chi connectivity index (χ0) is 14.3. The number of hydrogen-bond donors (Lipinski definition) is 1. The Morgan fingerprint density at radius 3 is 2.84 bits per heavy atom. The third-order valence-corrected chi connectivity index (χ3v) is 2.85. The molecule has 1 N–H and O–H groups in total. The van der Waals surface area contributed by atoms with Gasteiger partial charge in [-0.15, -0.1) is 0 Å². The maximum Gasteiger partial charge on any atom is 0.257 e. The van der Waals surface area contributed by atoms with Crippen molar-refractivity contribution in [3.8, 4) is 5.75 Å². The number of carbonyl (C=O) groups excluding carboxylic acids is 1. The molecule has 0 unspecified atom stereocenters. The maximum absolute atomic E-state index is 13.4. The lowest BCUT2D eigenvalue weighted by Crippen LogP contribution is -2.31. The second-order valence-electron chi connectivity index (χ2n) is 4.37. The fraction of sp³-hybridized carbons (Fsp3) is 0.462. The van der Waals surface area contributed by atoms with Crippen LogP contribution in [0.2, 0.25) is 0 Å². The standard InChI is InChI=1S/C13H18BrFN2O2/c1-17(2)7-3-6-16-13(18)9-19-12-5-4-10(14)8-11(12)15/h4-5,8H,3,6-7,9H2,1-2H3,(H,16,18). The minimum absolute atomic E-state index is 0.0756. The molecule has 0 saturated heterocycles. The number of carbonyl (C=O) groups is 1. The van der Waals surface area contributed by atoms with E-state index in [4.69, 9.17) is 4.74 Å². The Morgan fingerprint density at radius 2 is 2.21 bits per heavy atom. The zero-order valence-corrected chi connectivity index (χ0v) is 12.7. The van der Waals surface area contributed by atoms with Crippen LogP contribution in [0, 0.1) is 5.82 Å². The Morgan fingerprint density at radius 1 is 1.47 bits per heavy atom. The van der Waals surface area contributed by atoms with E-state index in [1.165, 1.54) is 12.1 Å². The maximum atomic E-state index is 13.4. The van der Waals surface area contributed by atoms with Crippen LogP contribution in [-0.4, -0.2) is 44.6 Å². The third kappa shape index (κ3) is 6.54. The van der Waals surface area contributed by atoms with Crippen LogP contribution in [0.15, 0.2) is 22.7 Å². The molecule has 0 bridgehead atoms. The molecule has 0 heterocycles. The second kappa shape index (κ2) is 8.12. The highest BCUT2D eigenvalue weighted by Crippen LogP contribution is 2.21. The fourth-order valence-electron chi connectivity index (χ4n) is 1.41. The van der Waals surface area contributed by atoms with Gasteiger partial charge in [0.1, 0.15) is 0 Å². The van der Waals surface area contributed by atoms with Crippen LogP contribution >= 0.6 is 15.9 Å². The highest BCUT2D eigenvalue weighted by atomic mass is 79.9. The smallest absolute Gasteiger partial charge is 0.257 e. The zero-order valence-electron chi connectivity index (χ0n) is 11.1. The fourth-order valence-corrected chi connectivity index (χ4v) is 1.74. The third-order valence-electron chi connectivity index (χ3n) is 2.36. The van der Waals surface area contributed by atoms with E-state index in [0.717, 1.165) is 13.0 Å². The van der Waals surface area contributed by atoms with Gasteiger partial charge in [0.05, 0.1) is 0 Å². The van der Waals surface area contributed by atoms with Gasteiger partial charge in [-0.05, 0) is 45.3 Å². The molecule has 1 aromatic rings. The van der Waals surface area contributed by atoms with Crippen molar-refractivity contribution in [2.24, 2.45) is 0 Å². The number of benzene rings is 1. The molecule has 106 valence electrons. The minimum atomic E-state index is -0.491. The van der Waals surface area contributed by atoms with Crippen LogP contribution in [0.4, 0.5) is 4.39 Å². The normalized spacial score (nSPS) is 10.6. The van der Waals surface area contributed by atoms with E-state index in [2.05, 4.69) is 21.2 Å². The first-order valence-electron chi connectivity index (χ1n) is 5.98. The molecular weight excluding hydrogens is 315 g/mol. The van der Waals surface area contributed by atoms with E-state index in [1.54, 1.807) is 6.07 Å². The summed E-state index contributed by atoms with van der Waals surface area (Å²) in [4.78, 5) is 13.5. The second-order valence-corrected chi connectivity index (χ2v) is 5.29. The monoisotopic (exact) mass is 332 g/mol. The Bertz CT molecular complexity index is 427. The van der Waals surface area contributed by atoms with Crippen molar-refractivity contribution in [2.45, 2.75) is 6.42 Å². The van der Waals surface area contributed by atoms with E-state index in [0.29, 0.717) is 11.0 Å². The van der Waals surface area contributed by atoms with Crippen molar-refractivity contribution in [1.82, 2.24) is 10.2 Å². The number of ether oxygens (including phenoxy) is 1. The van der Waals surface area contributed by atoms with Crippen LogP contribution in [0.3, 0.4) is 0 Å². The molecular formula is C13H18BrFN2O2. The van der Waals surface area contributed by atoms with Crippen molar-refractivity contribution in [3.63, 3.8) is 0 Å². The Balaban J connectivity index is 2.26. The number of halogens is 2. The van der Waals surface area contributed by atoms with Gasteiger partial charge in [0, 0.05) is 11.0 Å². The van der Waals surface area contributed by atoms with Gasteiger partial charge in [-0.2, -0.15) is 0 Å². The summed E-state index contributed by atoms with van der Waals surface area (Å²) in [5.74, 6) is -0.664. The minimum Gasteiger partial charge on any atom is -0.481 e. The van der Waals surface area contributed by atoms with E-state index in [9.17, 15) is 9.18 Å². The number of nitrogens with one attached hydrogen (secondary N) is 1. The van der Waals surface area contributed by atoms with Gasteiger partial charge in [-0.1, -0.05) is 15.9 Å². The number of amides is 1. The van der Waals surface area contributed by atoms with Crippen molar-refractivity contribution < 1.29 is 13.9 Å². The molecule has 0 atom stereocenters. The summed E-state index contributed by atoms with van der Waals surface area (Å²) in [6.45, 7) is 1.31. The molecule has 0 fully saturated rings. The van der Waals surface area contributed by atoms with Crippen LogP contribution in [0.1, 0.15) is 6.42 Å². The highest BCUT2D eigenvalue weighted by molar-refractivity contribution is 9.10. The average molecular weight is 333 g/mol. The van der Waals surface area contributed by atoms with Gasteiger partial charge in [0.25, 0.3) is 5.91 Å². The van der Waals surface area contributed by atoms with Gasteiger partial charge in [-0.25, -0.2) is 4.39 Å². The lowest BCUT2D eigenvalue weighted by Gasteiger charge is -2.10. The Hall–Kier alpha value is -1.14. The lowest BCUT2D eigenvalue weighted by molar-refractivity contribution is -0.123. The SMILES string of the molecule is CN(C)CCCNC(=O)COc1ccc(Br)cc1F. The van der Waals surface area contributed by atoms with Crippen LogP contribution in [0.5, 0.6) is 5.75 Å². The van der Waals surface area contributed by atoms with Crippen molar-refractivity contribution in [1.29, 1.82) is 0 Å². The van der Waals surface area contributed by atoms with Gasteiger partial charge in [-0.3, -0.25) is 4.79 Å². The molecule has 0 aromatic heterocycles. The first-order valence-corrected chi connectivity index (χ1v) is 6.77. The van der Waals surface area contributed by atoms with Gasteiger partial charge < -0.3 is 15.0 Å². The average Bonchev–Trinajstić information content (AvgIpc) is 2.33. The summed E-state index contributed by atoms with van der Waals surface area (Å²) in [7, 11) is 3.95. The molecule has 0 aliphatic carbocycles. The predicted molar refractivity (Wildman–Crippen MR) is 75.8 cm³/mol. The van der Waals surface area contributed by atoms with Crippen LogP contribution in [0.25, 0.3) is 0 Å². The largest absolute Gasteiger partial charge is 0.481 e. The van der Waals surface area contributed by atoms with Gasteiger partial charge in [0.2, 0.25) is 0 Å². The quantitative estimate of drug-likeness (QED) is 0.777. The van der Waals surface area contributed by atoms with E-state index in [1.807, 2.05) is 19.0 Å². The van der Waals surface area contributed by atoms with E-state index < -0.39 is 5.82 Å². The molecule has 1 rings (SSSR count). The highest BCUT2D eigenvalue weighted by Gasteiger charge is 2.07. The van der Waals surface area contributed by atoms with Crippen LogP contribution in [-0.2, 0) is 4.79 Å². The molecule has 0 spiro atoms. The van der Waals surface area contributed by atoms with E-state index >= 15 is 0 Å². The lowest BCUT2D eigenvalue weighted by atomic mass is 10.3. The van der Waals surface area contributed by atoms with Gasteiger partial charge in [0.15, 0.2) is 18.2 Å². The number of nitrogens with zero attached hydrogens (tertiary/aromatic N) is 1. The van der Waals surface area contributed by atoms with Crippen molar-refractivity contribution in [2.75, 3.05) is 33.8 Å². The molecule has 0 radical (unpaired) electrons. The summed E-state index contributed by atoms with van der Waals surface area (Å²) in [6.07, 6.45) is 0.866. The molecule has 19 heavy (non-hydrogen) atoms. The Labute approximate surface area is 121 Å². The topological polar surface area (TPSA) is 41.6 Å². The first-order chi connectivity index (χ1) is 8.99.